The van der Waals surface area contributed by atoms with Crippen LogP contribution in [0.3, 0.4) is 0 Å². The molecule has 0 N–H and O–H groups in total. The summed E-state index contributed by atoms with van der Waals surface area (Å²) in [6, 6.07) is 0. The predicted octanol–water partition coefficient (Wildman–Crippen LogP) is 3.85. The van der Waals surface area contributed by atoms with Crippen molar-refractivity contribution in [2.24, 2.45) is 0 Å². The third kappa shape index (κ3) is 11.0. The Hall–Kier alpha value is -0.160. The summed E-state index contributed by atoms with van der Waals surface area (Å²) >= 11 is 0. The Kier molecular flexibility index (Phi) is 11.8. The van der Waals surface area contributed by atoms with Crippen LogP contribution >= 0.6 is 0 Å². The highest BCUT2D eigenvalue weighted by Gasteiger charge is 2.14. The van der Waals surface area contributed by atoms with Crippen LogP contribution in [0, 0.1) is 6.29 Å². The lowest BCUT2D eigenvalue weighted by Gasteiger charge is -2.21. The first-order chi connectivity index (χ1) is 8.60. The molecule has 0 fully saturated rings. The van der Waals surface area contributed by atoms with Gasteiger partial charge in [0.1, 0.15) is 0 Å². The molecule has 18 heavy (non-hydrogen) atoms. The van der Waals surface area contributed by atoms with E-state index in [2.05, 4.69) is 13.8 Å². The topological polar surface area (TPSA) is 36.9 Å². The van der Waals surface area contributed by atoms with E-state index in [9.17, 15) is 0 Å². The van der Waals surface area contributed by atoms with Gasteiger partial charge in [-0.3, -0.25) is 0 Å². The van der Waals surface area contributed by atoms with Crippen molar-refractivity contribution in [2.45, 2.75) is 72.9 Å². The van der Waals surface area contributed by atoms with Gasteiger partial charge in [0, 0.05) is 13.2 Å². The molecule has 0 aromatic carbocycles. The third-order valence-electron chi connectivity index (χ3n) is 2.36. The lowest BCUT2D eigenvalue weighted by molar-refractivity contribution is -0.224. The van der Waals surface area contributed by atoms with Crippen LogP contribution in [0.5, 0.6) is 0 Å². The number of hydrogen-bond acceptors (Lipinski definition) is 4. The largest absolute Gasteiger partial charge is 0.353 e. The van der Waals surface area contributed by atoms with Crippen LogP contribution in [0.15, 0.2) is 0 Å². The molecule has 0 heterocycles. The molecule has 4 nitrogen and oxygen atoms in total. The molecule has 2 atom stereocenters. The number of rotatable bonds is 12. The minimum Gasteiger partial charge on any atom is -0.353 e. The van der Waals surface area contributed by atoms with Gasteiger partial charge in [0.2, 0.25) is 6.29 Å². The highest BCUT2D eigenvalue weighted by atomic mass is 16.8. The first-order valence-corrected chi connectivity index (χ1v) is 7.00. The normalized spacial score (nSPS) is 15.0. The van der Waals surface area contributed by atoms with Gasteiger partial charge in [-0.1, -0.05) is 26.7 Å². The second-order valence-electron chi connectivity index (χ2n) is 4.31. The summed E-state index contributed by atoms with van der Waals surface area (Å²) in [4.78, 5) is 0. The summed E-state index contributed by atoms with van der Waals surface area (Å²) in [6.07, 6.45) is 4.26. The van der Waals surface area contributed by atoms with Gasteiger partial charge in [-0.05, 0) is 33.6 Å². The number of unbranched alkanes of at least 4 members (excludes halogenated alkanes) is 2. The molecule has 0 aliphatic carbocycles. The molecule has 0 spiro atoms. The van der Waals surface area contributed by atoms with E-state index >= 15 is 0 Å². The summed E-state index contributed by atoms with van der Waals surface area (Å²) in [7, 11) is 0. The van der Waals surface area contributed by atoms with E-state index in [1.54, 1.807) is 6.92 Å². The quantitative estimate of drug-likeness (QED) is 0.395. The molecular formula is C14H29O4. The third-order valence-corrected chi connectivity index (χ3v) is 2.36. The summed E-state index contributed by atoms with van der Waals surface area (Å²) in [5.41, 5.74) is 0. The summed E-state index contributed by atoms with van der Waals surface area (Å²) in [6.45, 7) is 11.2. The maximum absolute atomic E-state index is 5.47. The average Bonchev–Trinajstić information content (AvgIpc) is 2.29. The van der Waals surface area contributed by atoms with Gasteiger partial charge in [0.25, 0.3) is 0 Å². The molecule has 1 radical (unpaired) electrons. The molecule has 0 rings (SSSR count). The Morgan fingerprint density at radius 1 is 0.833 bits per heavy atom. The van der Waals surface area contributed by atoms with Crippen LogP contribution in [0.4, 0.5) is 0 Å². The molecular weight excluding hydrogens is 232 g/mol. The van der Waals surface area contributed by atoms with Crippen molar-refractivity contribution in [1.82, 2.24) is 0 Å². The fourth-order valence-electron chi connectivity index (χ4n) is 1.35. The van der Waals surface area contributed by atoms with Crippen LogP contribution in [0.2, 0.25) is 0 Å². The van der Waals surface area contributed by atoms with Gasteiger partial charge in [0.05, 0.1) is 0 Å². The molecule has 0 aliphatic rings. The van der Waals surface area contributed by atoms with Crippen molar-refractivity contribution >= 4 is 0 Å². The van der Waals surface area contributed by atoms with E-state index < -0.39 is 0 Å². The maximum atomic E-state index is 5.47. The van der Waals surface area contributed by atoms with Gasteiger partial charge >= 0.3 is 0 Å². The molecule has 0 amide bonds. The average molecular weight is 261 g/mol. The Balaban J connectivity index is 3.58. The van der Waals surface area contributed by atoms with Crippen LogP contribution in [-0.2, 0) is 18.9 Å². The fraction of sp³-hybridized carbons (Fsp3) is 0.929. The molecule has 2 unspecified atom stereocenters. The van der Waals surface area contributed by atoms with E-state index in [1.807, 2.05) is 13.8 Å². The predicted molar refractivity (Wildman–Crippen MR) is 71.7 cm³/mol. The van der Waals surface area contributed by atoms with Crippen molar-refractivity contribution in [1.29, 1.82) is 0 Å². The van der Waals surface area contributed by atoms with Crippen LogP contribution < -0.4 is 0 Å². The Labute approximate surface area is 112 Å². The highest BCUT2D eigenvalue weighted by molar-refractivity contribution is 4.56. The molecule has 0 aliphatic heterocycles. The Morgan fingerprint density at radius 3 is 1.56 bits per heavy atom. The second kappa shape index (κ2) is 11.9. The summed E-state index contributed by atoms with van der Waals surface area (Å²) < 4.78 is 21.9. The molecule has 0 bridgehead atoms. The molecule has 4 heteroatoms. The Morgan fingerprint density at radius 2 is 1.22 bits per heavy atom. The van der Waals surface area contributed by atoms with Gasteiger partial charge in [-0.25, -0.2) is 0 Å². The maximum Gasteiger partial charge on any atom is 0.225 e. The summed E-state index contributed by atoms with van der Waals surface area (Å²) in [5, 5.41) is 0. The monoisotopic (exact) mass is 261 g/mol. The number of ether oxygens (including phenoxy) is 4. The Bertz CT molecular complexity index is 157. The standard InChI is InChI=1S/C14H29O4/c1-6-8-10-15-12(3)17-14(5)18-13(4)16-11-9-7-2/h12-13H,6-11H2,1-5H3. The van der Waals surface area contributed by atoms with Crippen LogP contribution in [-0.4, -0.2) is 25.8 Å². The first kappa shape index (κ1) is 17.8. The second-order valence-corrected chi connectivity index (χ2v) is 4.31. The zero-order valence-corrected chi connectivity index (χ0v) is 12.5. The first-order valence-electron chi connectivity index (χ1n) is 7.00. The minimum atomic E-state index is -0.278. The van der Waals surface area contributed by atoms with Gasteiger partial charge in [0.15, 0.2) is 12.6 Å². The van der Waals surface area contributed by atoms with Crippen LogP contribution in [0.1, 0.15) is 60.3 Å². The minimum absolute atomic E-state index is 0.278. The van der Waals surface area contributed by atoms with E-state index in [4.69, 9.17) is 18.9 Å². The van der Waals surface area contributed by atoms with E-state index in [-0.39, 0.29) is 12.6 Å². The van der Waals surface area contributed by atoms with Crippen molar-refractivity contribution in [3.63, 3.8) is 0 Å². The van der Waals surface area contributed by atoms with Gasteiger partial charge in [-0.15, -0.1) is 0 Å². The molecule has 0 aromatic rings. The van der Waals surface area contributed by atoms with Crippen molar-refractivity contribution < 1.29 is 18.9 Å². The zero-order valence-electron chi connectivity index (χ0n) is 12.5. The SMILES string of the molecule is CCCCOC(C)O[C](C)OC(C)OCCCC. The van der Waals surface area contributed by atoms with Gasteiger partial charge in [-0.2, -0.15) is 0 Å². The van der Waals surface area contributed by atoms with Crippen molar-refractivity contribution in [3.05, 3.63) is 6.29 Å². The van der Waals surface area contributed by atoms with Crippen LogP contribution in [0.25, 0.3) is 0 Å². The van der Waals surface area contributed by atoms with Gasteiger partial charge < -0.3 is 18.9 Å². The smallest absolute Gasteiger partial charge is 0.225 e. The van der Waals surface area contributed by atoms with Crippen molar-refractivity contribution in [2.75, 3.05) is 13.2 Å². The van der Waals surface area contributed by atoms with Crippen molar-refractivity contribution in [3.8, 4) is 0 Å². The van der Waals surface area contributed by atoms with E-state index in [0.29, 0.717) is 19.5 Å². The molecule has 0 saturated heterocycles. The fourth-order valence-corrected chi connectivity index (χ4v) is 1.35. The highest BCUT2D eigenvalue weighted by Crippen LogP contribution is 2.12. The molecule has 0 aromatic heterocycles. The lowest BCUT2D eigenvalue weighted by atomic mass is 10.4. The lowest BCUT2D eigenvalue weighted by Crippen LogP contribution is -2.22. The summed E-state index contributed by atoms with van der Waals surface area (Å²) in [5.74, 6) is 0. The zero-order chi connectivity index (χ0) is 13.8. The molecule has 109 valence electrons. The molecule has 0 saturated carbocycles. The van der Waals surface area contributed by atoms with E-state index in [1.165, 1.54) is 0 Å². The number of hydrogen-bond donors (Lipinski definition) is 0. The van der Waals surface area contributed by atoms with E-state index in [0.717, 1.165) is 25.7 Å².